The van der Waals surface area contributed by atoms with E-state index in [9.17, 15) is 10.2 Å². The average molecular weight is 205 g/mol. The van der Waals surface area contributed by atoms with E-state index in [4.69, 9.17) is 10.4 Å². The smallest absolute Gasteiger partial charge is 0.127 e. The highest BCUT2D eigenvalue weighted by atomic mass is 16.3. The molecule has 1 saturated carbocycles. The first-order valence-corrected chi connectivity index (χ1v) is 4.76. The van der Waals surface area contributed by atoms with Gasteiger partial charge in [0, 0.05) is 12.1 Å². The largest absolute Gasteiger partial charge is 0.508 e. The van der Waals surface area contributed by atoms with E-state index in [0.29, 0.717) is 12.8 Å². The van der Waals surface area contributed by atoms with Crippen molar-refractivity contribution in [3.8, 4) is 23.3 Å². The van der Waals surface area contributed by atoms with Crippen LogP contribution in [-0.4, -0.2) is 15.3 Å². The monoisotopic (exact) mass is 205 g/mol. The van der Waals surface area contributed by atoms with E-state index in [1.54, 1.807) is 0 Å². The molecule has 0 atom stereocenters. The molecule has 3 N–H and O–H groups in total. The number of benzene rings is 1. The molecule has 0 amide bonds. The summed E-state index contributed by atoms with van der Waals surface area (Å²) in [5, 5.41) is 37.5. The number of nitriles is 1. The van der Waals surface area contributed by atoms with Crippen LogP contribution in [0.3, 0.4) is 0 Å². The fraction of sp³-hybridized carbons (Fsp3) is 0.364. The first-order valence-electron chi connectivity index (χ1n) is 4.76. The Morgan fingerprint density at radius 2 is 1.67 bits per heavy atom. The second-order valence-electron chi connectivity index (χ2n) is 3.91. The Morgan fingerprint density at radius 3 is 2.00 bits per heavy atom. The van der Waals surface area contributed by atoms with E-state index < -0.39 is 5.41 Å². The molecule has 15 heavy (non-hydrogen) atoms. The number of rotatable bonds is 1. The number of hydrogen-bond acceptors (Lipinski definition) is 4. The minimum atomic E-state index is -0.776. The standard InChI is InChI=1S/C11H11NO3/c12-6-11(2-1-3-11)10-8(14)4-7(13)5-9(10)15/h4-5,13-15H,1-3H2. The van der Waals surface area contributed by atoms with Crippen LogP contribution in [0.2, 0.25) is 0 Å². The lowest BCUT2D eigenvalue weighted by molar-refractivity contribution is 0.297. The summed E-state index contributed by atoms with van der Waals surface area (Å²) in [7, 11) is 0. The summed E-state index contributed by atoms with van der Waals surface area (Å²) in [6.45, 7) is 0. The van der Waals surface area contributed by atoms with Gasteiger partial charge < -0.3 is 15.3 Å². The molecule has 2 rings (SSSR count). The second-order valence-corrected chi connectivity index (χ2v) is 3.91. The molecule has 4 heteroatoms. The van der Waals surface area contributed by atoms with Gasteiger partial charge in [0.2, 0.25) is 0 Å². The van der Waals surface area contributed by atoms with Crippen LogP contribution >= 0.6 is 0 Å². The van der Waals surface area contributed by atoms with Crippen LogP contribution in [0.15, 0.2) is 12.1 Å². The Morgan fingerprint density at radius 1 is 1.13 bits per heavy atom. The molecule has 1 aromatic rings. The SMILES string of the molecule is N#CC1(c2c(O)cc(O)cc2O)CCC1. The highest BCUT2D eigenvalue weighted by molar-refractivity contribution is 5.56. The summed E-state index contributed by atoms with van der Waals surface area (Å²) >= 11 is 0. The molecule has 4 nitrogen and oxygen atoms in total. The summed E-state index contributed by atoms with van der Waals surface area (Å²) in [5.41, 5.74) is -0.531. The number of phenolic OH excluding ortho intramolecular Hbond substituents is 3. The maximum Gasteiger partial charge on any atom is 0.127 e. The third-order valence-corrected chi connectivity index (χ3v) is 2.98. The minimum absolute atomic E-state index is 0.207. The van der Waals surface area contributed by atoms with Gasteiger partial charge in [-0.1, -0.05) is 0 Å². The van der Waals surface area contributed by atoms with E-state index >= 15 is 0 Å². The lowest BCUT2D eigenvalue weighted by Crippen LogP contribution is -2.32. The quantitative estimate of drug-likeness (QED) is 0.652. The lowest BCUT2D eigenvalue weighted by Gasteiger charge is -2.36. The Kier molecular flexibility index (Phi) is 1.97. The third kappa shape index (κ3) is 1.28. The summed E-state index contributed by atoms with van der Waals surface area (Å²) in [5.74, 6) is -0.635. The number of aromatic hydroxyl groups is 3. The molecule has 0 aliphatic heterocycles. The fourth-order valence-electron chi connectivity index (χ4n) is 2.04. The van der Waals surface area contributed by atoms with Crippen molar-refractivity contribution in [3.05, 3.63) is 17.7 Å². The number of phenols is 3. The zero-order valence-corrected chi connectivity index (χ0v) is 8.06. The van der Waals surface area contributed by atoms with Crippen LogP contribution in [-0.2, 0) is 5.41 Å². The summed E-state index contributed by atoms with van der Waals surface area (Å²) in [4.78, 5) is 0. The van der Waals surface area contributed by atoms with Crippen molar-refractivity contribution in [1.82, 2.24) is 0 Å². The zero-order chi connectivity index (χ0) is 11.1. The van der Waals surface area contributed by atoms with Gasteiger partial charge in [-0.3, -0.25) is 0 Å². The molecule has 0 saturated heterocycles. The highest BCUT2D eigenvalue weighted by Gasteiger charge is 2.43. The molecule has 1 aliphatic rings. The molecule has 1 aromatic carbocycles. The van der Waals surface area contributed by atoms with Gasteiger partial charge in [-0.2, -0.15) is 5.26 Å². The van der Waals surface area contributed by atoms with Gasteiger partial charge in [0.05, 0.1) is 17.0 Å². The van der Waals surface area contributed by atoms with Gasteiger partial charge in [0.15, 0.2) is 0 Å². The number of nitrogens with zero attached hydrogens (tertiary/aromatic N) is 1. The predicted octanol–water partition coefficient (Wildman–Crippen LogP) is 1.75. The van der Waals surface area contributed by atoms with Gasteiger partial charge in [-0.15, -0.1) is 0 Å². The van der Waals surface area contributed by atoms with Crippen molar-refractivity contribution in [1.29, 1.82) is 5.26 Å². The normalized spacial score (nSPS) is 17.8. The van der Waals surface area contributed by atoms with Crippen LogP contribution in [0.25, 0.3) is 0 Å². The molecular weight excluding hydrogens is 194 g/mol. The molecule has 0 unspecified atom stereocenters. The molecular formula is C11H11NO3. The molecule has 0 spiro atoms. The summed E-state index contributed by atoms with van der Waals surface area (Å²) < 4.78 is 0. The van der Waals surface area contributed by atoms with E-state index in [1.807, 2.05) is 0 Å². The third-order valence-electron chi connectivity index (χ3n) is 2.98. The van der Waals surface area contributed by atoms with Crippen LogP contribution in [0, 0.1) is 11.3 Å². The first kappa shape index (κ1) is 9.66. The summed E-state index contributed by atoms with van der Waals surface area (Å²) in [6.07, 6.45) is 2.18. The van der Waals surface area contributed by atoms with Gasteiger partial charge in [-0.25, -0.2) is 0 Å². The Labute approximate surface area is 87.0 Å². The van der Waals surface area contributed by atoms with Gasteiger partial charge in [0.1, 0.15) is 17.2 Å². The van der Waals surface area contributed by atoms with Crippen LogP contribution < -0.4 is 0 Å². The van der Waals surface area contributed by atoms with Gasteiger partial charge in [0.25, 0.3) is 0 Å². The van der Waals surface area contributed by atoms with Gasteiger partial charge >= 0.3 is 0 Å². The maximum atomic E-state index is 9.63. The van der Waals surface area contributed by atoms with Crippen LogP contribution in [0.1, 0.15) is 24.8 Å². The molecule has 0 aromatic heterocycles. The average Bonchev–Trinajstić information content (AvgIpc) is 2.07. The molecule has 78 valence electrons. The lowest BCUT2D eigenvalue weighted by atomic mass is 9.65. The van der Waals surface area contributed by atoms with Crippen molar-refractivity contribution in [2.24, 2.45) is 0 Å². The van der Waals surface area contributed by atoms with Crippen molar-refractivity contribution in [2.45, 2.75) is 24.7 Å². The Balaban J connectivity index is 2.58. The maximum absolute atomic E-state index is 9.63. The minimum Gasteiger partial charge on any atom is -0.508 e. The first-order chi connectivity index (χ1) is 7.09. The van der Waals surface area contributed by atoms with Crippen molar-refractivity contribution in [3.63, 3.8) is 0 Å². The fourth-order valence-corrected chi connectivity index (χ4v) is 2.04. The van der Waals surface area contributed by atoms with Crippen molar-refractivity contribution < 1.29 is 15.3 Å². The van der Waals surface area contributed by atoms with Gasteiger partial charge in [-0.05, 0) is 19.3 Å². The van der Waals surface area contributed by atoms with E-state index in [-0.39, 0.29) is 22.8 Å². The highest BCUT2D eigenvalue weighted by Crippen LogP contribution is 2.50. The van der Waals surface area contributed by atoms with E-state index in [1.165, 1.54) is 0 Å². The second kappa shape index (κ2) is 3.06. The Bertz CT molecular complexity index is 421. The predicted molar refractivity (Wildman–Crippen MR) is 52.6 cm³/mol. The van der Waals surface area contributed by atoms with Crippen molar-refractivity contribution >= 4 is 0 Å². The number of hydrogen-bond donors (Lipinski definition) is 3. The van der Waals surface area contributed by atoms with Crippen LogP contribution in [0.4, 0.5) is 0 Å². The van der Waals surface area contributed by atoms with Crippen LogP contribution in [0.5, 0.6) is 17.2 Å². The zero-order valence-electron chi connectivity index (χ0n) is 8.06. The Hall–Kier alpha value is -1.89. The molecule has 1 fully saturated rings. The molecule has 1 aliphatic carbocycles. The topological polar surface area (TPSA) is 84.5 Å². The van der Waals surface area contributed by atoms with E-state index in [2.05, 4.69) is 6.07 Å². The van der Waals surface area contributed by atoms with E-state index in [0.717, 1.165) is 18.6 Å². The molecule has 0 heterocycles. The molecule has 0 bridgehead atoms. The molecule has 0 radical (unpaired) electrons. The van der Waals surface area contributed by atoms with Crippen molar-refractivity contribution in [2.75, 3.05) is 0 Å². The summed E-state index contributed by atoms with van der Waals surface area (Å²) in [6, 6.07) is 4.42.